The van der Waals surface area contributed by atoms with E-state index in [9.17, 15) is 24.6 Å². The van der Waals surface area contributed by atoms with Crippen molar-refractivity contribution in [2.24, 2.45) is 0 Å². The van der Waals surface area contributed by atoms with Crippen molar-refractivity contribution in [1.82, 2.24) is 20.1 Å². The van der Waals surface area contributed by atoms with E-state index in [2.05, 4.69) is 31.3 Å². The van der Waals surface area contributed by atoms with Crippen LogP contribution in [0.5, 0.6) is 5.75 Å². The number of amides is 2. The number of carboxylic acid groups (broad SMARTS) is 1. The third-order valence-electron chi connectivity index (χ3n) is 5.68. The minimum absolute atomic E-state index is 0.0283. The Labute approximate surface area is 240 Å². The average molecular weight is 633 g/mol. The van der Waals surface area contributed by atoms with Crippen LogP contribution < -0.4 is 10.2 Å². The van der Waals surface area contributed by atoms with Crippen LogP contribution in [0, 0.1) is 6.92 Å². The van der Waals surface area contributed by atoms with Gasteiger partial charge >= 0.3 is 5.97 Å². The van der Waals surface area contributed by atoms with E-state index in [-0.39, 0.29) is 45.1 Å². The lowest BCUT2D eigenvalue weighted by atomic mass is 10.0. The molecule has 10 nitrogen and oxygen atoms in total. The molecule has 0 saturated carbocycles. The van der Waals surface area contributed by atoms with Crippen LogP contribution in [0.1, 0.15) is 21.5 Å². The van der Waals surface area contributed by atoms with E-state index < -0.39 is 17.9 Å². The van der Waals surface area contributed by atoms with Crippen LogP contribution in [0.2, 0.25) is 10.0 Å². The molecular formula is C26H20BrCl2N5O5. The third-order valence-corrected chi connectivity index (χ3v) is 6.58. The number of nitrogens with one attached hydrogen (secondary N) is 1. The van der Waals surface area contributed by atoms with Crippen molar-refractivity contribution in [3.05, 3.63) is 92.1 Å². The molecule has 1 unspecified atom stereocenters. The molecule has 3 N–H and O–H groups in total. The topological polar surface area (TPSA) is 138 Å². The number of halogens is 3. The zero-order valence-electron chi connectivity index (χ0n) is 20.2. The molecule has 2 aromatic carbocycles. The molecule has 0 saturated heterocycles. The molecular weight excluding hydrogens is 613 g/mol. The number of aryl methyl sites for hydroxylation is 1. The fourth-order valence-electron chi connectivity index (χ4n) is 3.96. The number of hydrogen-bond acceptors (Lipinski definition) is 6. The molecule has 2 aromatic heterocycles. The van der Waals surface area contributed by atoms with Crippen LogP contribution in [-0.2, 0) is 16.0 Å². The minimum atomic E-state index is -1.31. The number of phenols is 1. The first kappa shape index (κ1) is 28.1. The maximum atomic E-state index is 13.5. The van der Waals surface area contributed by atoms with Crippen molar-refractivity contribution in [3.8, 4) is 11.6 Å². The van der Waals surface area contributed by atoms with E-state index in [0.29, 0.717) is 22.1 Å². The Morgan fingerprint density at radius 1 is 1.18 bits per heavy atom. The molecule has 0 aliphatic carbocycles. The van der Waals surface area contributed by atoms with Crippen molar-refractivity contribution in [3.63, 3.8) is 0 Å². The number of nitrogens with zero attached hydrogens (tertiary/aromatic N) is 4. The van der Waals surface area contributed by atoms with Crippen molar-refractivity contribution in [1.29, 1.82) is 0 Å². The summed E-state index contributed by atoms with van der Waals surface area (Å²) in [5, 5.41) is 26.6. The Balaban J connectivity index is 1.77. The summed E-state index contributed by atoms with van der Waals surface area (Å²) in [6.45, 7) is 1.66. The summed E-state index contributed by atoms with van der Waals surface area (Å²) in [6.07, 6.45) is 1.96. The lowest BCUT2D eigenvalue weighted by Gasteiger charge is -2.24. The van der Waals surface area contributed by atoms with Gasteiger partial charge in [-0.25, -0.2) is 9.78 Å². The maximum Gasteiger partial charge on any atom is 0.326 e. The Morgan fingerprint density at radius 3 is 2.54 bits per heavy atom. The van der Waals surface area contributed by atoms with Gasteiger partial charge in [-0.3, -0.25) is 14.5 Å². The van der Waals surface area contributed by atoms with Gasteiger partial charge in [0, 0.05) is 23.7 Å². The number of carbonyl (C=O) groups excluding carboxylic acids is 2. The van der Waals surface area contributed by atoms with E-state index in [1.807, 2.05) is 0 Å². The number of aliphatic carboxylic acids is 1. The highest BCUT2D eigenvalue weighted by Gasteiger charge is 2.28. The monoisotopic (exact) mass is 631 g/mol. The number of anilines is 2. The first-order valence-corrected chi connectivity index (χ1v) is 12.9. The number of carbonyl (C=O) groups is 3. The fraction of sp³-hybridized carbons (Fsp3) is 0.115. The Hall–Kier alpha value is -3.93. The standard InChI is InChI=1S/C26H20BrCl2N5O5/c1-14-9-16(28)11-18(25(37)31-20(26(38)39)10-15-4-6-17(36)7-5-15)23(14)33(13-35)22-12-21(27)32-34(22)24-19(29)3-2-8-30-24/h2-9,11-13,20,36H,10H2,1H3,(H,31,37)(H,38,39). The predicted octanol–water partition coefficient (Wildman–Crippen LogP) is 5.07. The van der Waals surface area contributed by atoms with Gasteiger partial charge in [0.05, 0.1) is 16.3 Å². The molecule has 0 fully saturated rings. The molecule has 0 spiro atoms. The lowest BCUT2D eigenvalue weighted by molar-refractivity contribution is -0.139. The molecule has 39 heavy (non-hydrogen) atoms. The molecule has 0 radical (unpaired) electrons. The van der Waals surface area contributed by atoms with Crippen molar-refractivity contribution >= 4 is 68.9 Å². The highest BCUT2D eigenvalue weighted by Crippen LogP contribution is 2.36. The molecule has 2 heterocycles. The second-order valence-electron chi connectivity index (χ2n) is 8.38. The summed E-state index contributed by atoms with van der Waals surface area (Å²) in [7, 11) is 0. The minimum Gasteiger partial charge on any atom is -0.508 e. The average Bonchev–Trinajstić information content (AvgIpc) is 3.27. The zero-order valence-corrected chi connectivity index (χ0v) is 23.3. The maximum absolute atomic E-state index is 13.5. The number of hydrogen-bond donors (Lipinski definition) is 3. The number of phenolic OH excluding ortho intramolecular Hbond substituents is 1. The molecule has 0 bridgehead atoms. The second kappa shape index (κ2) is 11.9. The number of pyridine rings is 1. The normalized spacial score (nSPS) is 11.6. The molecule has 200 valence electrons. The van der Waals surface area contributed by atoms with Gasteiger partial charge in [-0.15, -0.1) is 0 Å². The summed E-state index contributed by atoms with van der Waals surface area (Å²) in [5.74, 6) is -1.56. The summed E-state index contributed by atoms with van der Waals surface area (Å²) in [5.41, 5.74) is 1.15. The van der Waals surface area contributed by atoms with Crippen LogP contribution in [-0.4, -0.2) is 49.3 Å². The molecule has 4 rings (SSSR count). The van der Waals surface area contributed by atoms with Crippen LogP contribution in [0.25, 0.3) is 5.82 Å². The summed E-state index contributed by atoms with van der Waals surface area (Å²) in [6, 6.07) is 12.4. The SMILES string of the molecule is Cc1cc(Cl)cc(C(=O)NC(Cc2ccc(O)cc2)C(=O)O)c1N(C=O)c1cc(Br)nn1-c1ncccc1Cl. The first-order chi connectivity index (χ1) is 18.6. The largest absolute Gasteiger partial charge is 0.508 e. The van der Waals surface area contributed by atoms with E-state index in [1.54, 1.807) is 43.3 Å². The van der Waals surface area contributed by atoms with Gasteiger partial charge in [-0.05, 0) is 70.4 Å². The summed E-state index contributed by atoms with van der Waals surface area (Å²) >= 11 is 15.9. The Morgan fingerprint density at radius 2 is 1.90 bits per heavy atom. The van der Waals surface area contributed by atoms with Gasteiger partial charge in [-0.1, -0.05) is 35.3 Å². The van der Waals surface area contributed by atoms with Crippen LogP contribution in [0.4, 0.5) is 11.5 Å². The van der Waals surface area contributed by atoms with Gasteiger partial charge < -0.3 is 15.5 Å². The van der Waals surface area contributed by atoms with Gasteiger partial charge in [0.15, 0.2) is 5.82 Å². The number of rotatable bonds is 9. The molecule has 2 amide bonds. The number of aromatic nitrogens is 3. The summed E-state index contributed by atoms with van der Waals surface area (Å²) < 4.78 is 1.70. The second-order valence-corrected chi connectivity index (χ2v) is 10.0. The summed E-state index contributed by atoms with van der Waals surface area (Å²) in [4.78, 5) is 43.5. The van der Waals surface area contributed by atoms with Crippen LogP contribution in [0.15, 0.2) is 65.4 Å². The molecule has 0 aliphatic rings. The highest BCUT2D eigenvalue weighted by atomic mass is 79.9. The lowest BCUT2D eigenvalue weighted by Crippen LogP contribution is -2.42. The highest BCUT2D eigenvalue weighted by molar-refractivity contribution is 9.10. The van der Waals surface area contributed by atoms with E-state index in [4.69, 9.17) is 23.2 Å². The first-order valence-electron chi connectivity index (χ1n) is 11.3. The predicted molar refractivity (Wildman–Crippen MR) is 149 cm³/mol. The number of carboxylic acids is 1. The fourth-order valence-corrected chi connectivity index (χ4v) is 4.80. The van der Waals surface area contributed by atoms with Gasteiger partial charge in [0.25, 0.3) is 5.91 Å². The van der Waals surface area contributed by atoms with Crippen LogP contribution >= 0.6 is 39.1 Å². The van der Waals surface area contributed by atoms with Gasteiger partial charge in [0.2, 0.25) is 6.41 Å². The van der Waals surface area contributed by atoms with E-state index in [1.165, 1.54) is 34.0 Å². The van der Waals surface area contributed by atoms with Crippen molar-refractivity contribution in [2.45, 2.75) is 19.4 Å². The molecule has 13 heteroatoms. The van der Waals surface area contributed by atoms with E-state index >= 15 is 0 Å². The molecule has 1 atom stereocenters. The number of aromatic hydroxyl groups is 1. The third kappa shape index (κ3) is 6.22. The molecule has 4 aromatic rings. The van der Waals surface area contributed by atoms with Crippen molar-refractivity contribution in [2.75, 3.05) is 4.90 Å². The van der Waals surface area contributed by atoms with Gasteiger partial charge in [0.1, 0.15) is 22.2 Å². The zero-order chi connectivity index (χ0) is 28.3. The van der Waals surface area contributed by atoms with Gasteiger partial charge in [-0.2, -0.15) is 9.78 Å². The molecule has 0 aliphatic heterocycles. The number of benzene rings is 2. The Bertz CT molecular complexity index is 1560. The van der Waals surface area contributed by atoms with E-state index in [0.717, 1.165) is 0 Å². The quantitative estimate of drug-likeness (QED) is 0.219. The van der Waals surface area contributed by atoms with Crippen LogP contribution in [0.3, 0.4) is 0 Å². The van der Waals surface area contributed by atoms with Crippen molar-refractivity contribution < 1.29 is 24.6 Å². The Kier molecular flexibility index (Phi) is 8.54. The smallest absolute Gasteiger partial charge is 0.326 e.